The van der Waals surface area contributed by atoms with Crippen LogP contribution < -0.4 is 5.32 Å². The van der Waals surface area contributed by atoms with Crippen molar-refractivity contribution in [3.05, 3.63) is 34.1 Å². The Morgan fingerprint density at radius 1 is 1.41 bits per heavy atom. The van der Waals surface area contributed by atoms with Gasteiger partial charge in [0, 0.05) is 22.8 Å². The molecule has 1 saturated heterocycles. The molecule has 0 aromatic heterocycles. The summed E-state index contributed by atoms with van der Waals surface area (Å²) in [6, 6.07) is 4.87. The molecule has 1 N–H and O–H groups in total. The Morgan fingerprint density at radius 2 is 2.29 bits per heavy atom. The third-order valence-electron chi connectivity index (χ3n) is 2.98. The van der Waals surface area contributed by atoms with Gasteiger partial charge in [0.15, 0.2) is 0 Å². The van der Waals surface area contributed by atoms with Crippen LogP contribution in [-0.2, 0) is 6.54 Å². The zero-order chi connectivity index (χ0) is 12.1. The van der Waals surface area contributed by atoms with Crippen molar-refractivity contribution in [1.29, 1.82) is 0 Å². The van der Waals surface area contributed by atoms with Gasteiger partial charge in [-0.2, -0.15) is 11.8 Å². The van der Waals surface area contributed by atoms with E-state index in [1.807, 2.05) is 6.07 Å². The number of nitrogens with one attached hydrogen (secondary N) is 1. The zero-order valence-corrected chi connectivity index (χ0v) is 12.1. The fraction of sp³-hybridized carbons (Fsp3) is 0.538. The van der Waals surface area contributed by atoms with Gasteiger partial charge in [-0.05, 0) is 36.3 Å². The lowest BCUT2D eigenvalue weighted by atomic mass is 10.2. The summed E-state index contributed by atoms with van der Waals surface area (Å²) in [5, 5.41) is 4.21. The summed E-state index contributed by atoms with van der Waals surface area (Å²) in [5.74, 6) is 1.11. The van der Waals surface area contributed by atoms with Gasteiger partial charge in [0.25, 0.3) is 0 Å². The maximum atomic E-state index is 12.9. The predicted octanol–water partition coefficient (Wildman–Crippen LogP) is 3.96. The molecule has 2 rings (SSSR count). The van der Waals surface area contributed by atoms with Gasteiger partial charge in [-0.25, -0.2) is 4.39 Å². The van der Waals surface area contributed by atoms with Gasteiger partial charge in [-0.1, -0.05) is 28.4 Å². The van der Waals surface area contributed by atoms with E-state index >= 15 is 0 Å². The number of benzene rings is 1. The van der Waals surface area contributed by atoms with Crippen molar-refractivity contribution in [1.82, 2.24) is 5.32 Å². The molecule has 0 bridgehead atoms. The van der Waals surface area contributed by atoms with E-state index in [1.54, 1.807) is 0 Å². The minimum Gasteiger partial charge on any atom is -0.312 e. The maximum absolute atomic E-state index is 12.9. The van der Waals surface area contributed by atoms with E-state index in [9.17, 15) is 4.39 Å². The lowest BCUT2D eigenvalue weighted by molar-refractivity contribution is 0.595. The molecule has 4 heteroatoms. The van der Waals surface area contributed by atoms with Gasteiger partial charge in [0.05, 0.1) is 0 Å². The molecule has 1 aliphatic rings. The van der Waals surface area contributed by atoms with Gasteiger partial charge in [0.2, 0.25) is 0 Å². The average molecular weight is 318 g/mol. The molecule has 0 aliphatic carbocycles. The van der Waals surface area contributed by atoms with Gasteiger partial charge < -0.3 is 5.32 Å². The van der Waals surface area contributed by atoms with Crippen molar-refractivity contribution in [3.8, 4) is 0 Å². The van der Waals surface area contributed by atoms with Crippen LogP contribution in [0.3, 0.4) is 0 Å². The molecule has 0 radical (unpaired) electrons. The molecule has 17 heavy (non-hydrogen) atoms. The summed E-state index contributed by atoms with van der Waals surface area (Å²) < 4.78 is 13.8. The highest BCUT2D eigenvalue weighted by atomic mass is 79.9. The average Bonchev–Trinajstić information content (AvgIpc) is 2.33. The van der Waals surface area contributed by atoms with Gasteiger partial charge >= 0.3 is 0 Å². The topological polar surface area (TPSA) is 12.0 Å². The Morgan fingerprint density at radius 3 is 3.00 bits per heavy atom. The predicted molar refractivity (Wildman–Crippen MR) is 75.9 cm³/mol. The molecule has 1 heterocycles. The third kappa shape index (κ3) is 4.27. The first-order chi connectivity index (χ1) is 8.25. The Hall–Kier alpha value is -0.0600. The zero-order valence-electron chi connectivity index (χ0n) is 9.72. The highest BCUT2D eigenvalue weighted by Gasteiger charge is 2.13. The molecule has 1 aromatic carbocycles. The quantitative estimate of drug-likeness (QED) is 0.902. The second-order valence-corrected chi connectivity index (χ2v) is 6.62. The first-order valence-electron chi connectivity index (χ1n) is 6.02. The molecule has 1 nitrogen and oxygen atoms in total. The Kier molecular flexibility index (Phi) is 5.32. The second kappa shape index (κ2) is 6.76. The number of hydrogen-bond donors (Lipinski definition) is 1. The summed E-state index contributed by atoms with van der Waals surface area (Å²) >= 11 is 5.46. The third-order valence-corrected chi connectivity index (χ3v) is 5.11. The van der Waals surface area contributed by atoms with E-state index in [0.29, 0.717) is 0 Å². The van der Waals surface area contributed by atoms with Crippen LogP contribution in [0.1, 0.15) is 24.8 Å². The van der Waals surface area contributed by atoms with E-state index in [-0.39, 0.29) is 5.82 Å². The van der Waals surface area contributed by atoms with Gasteiger partial charge in [-0.15, -0.1) is 0 Å². The smallest absolute Gasteiger partial charge is 0.124 e. The summed E-state index contributed by atoms with van der Waals surface area (Å²) in [6.45, 7) is 1.85. The van der Waals surface area contributed by atoms with Crippen LogP contribution in [0.25, 0.3) is 0 Å². The molecule has 94 valence electrons. The first-order valence-corrected chi connectivity index (χ1v) is 7.86. The lowest BCUT2D eigenvalue weighted by Gasteiger charge is -2.21. The number of rotatable bonds is 4. The molecule has 1 aromatic rings. The lowest BCUT2D eigenvalue weighted by Crippen LogP contribution is -2.26. The standard InChI is InChI=1S/C13H17BrFNS/c14-13-7-11(15)5-4-10(13)8-16-9-12-3-1-2-6-17-12/h4-5,7,12,16H,1-3,6,8-9H2. The molecule has 1 unspecified atom stereocenters. The van der Waals surface area contributed by atoms with E-state index in [1.165, 1.54) is 37.1 Å². The highest BCUT2D eigenvalue weighted by Crippen LogP contribution is 2.24. The number of thioether (sulfide) groups is 1. The van der Waals surface area contributed by atoms with Gasteiger partial charge in [-0.3, -0.25) is 0 Å². The van der Waals surface area contributed by atoms with E-state index in [4.69, 9.17) is 0 Å². The molecular formula is C13H17BrFNS. The minimum atomic E-state index is -0.191. The minimum absolute atomic E-state index is 0.191. The Labute approximate surface area is 115 Å². The largest absolute Gasteiger partial charge is 0.312 e. The Balaban J connectivity index is 1.77. The fourth-order valence-corrected chi connectivity index (χ4v) is 3.77. The van der Waals surface area contributed by atoms with Crippen molar-refractivity contribution in [2.45, 2.75) is 31.1 Å². The molecular weight excluding hydrogens is 301 g/mol. The van der Waals surface area contributed by atoms with Crippen molar-refractivity contribution in [2.75, 3.05) is 12.3 Å². The molecule has 1 atom stereocenters. The fourth-order valence-electron chi connectivity index (χ4n) is 2.00. The van der Waals surface area contributed by atoms with E-state index in [0.717, 1.165) is 28.4 Å². The SMILES string of the molecule is Fc1ccc(CNCC2CCCCS2)c(Br)c1. The molecule has 0 spiro atoms. The second-order valence-electron chi connectivity index (χ2n) is 4.36. The van der Waals surface area contributed by atoms with Crippen LogP contribution in [0.4, 0.5) is 4.39 Å². The Bertz CT molecular complexity index is 366. The number of halogens is 2. The molecule has 1 aliphatic heterocycles. The van der Waals surface area contributed by atoms with Crippen molar-refractivity contribution >= 4 is 27.7 Å². The molecule has 0 amide bonds. The van der Waals surface area contributed by atoms with Crippen molar-refractivity contribution < 1.29 is 4.39 Å². The van der Waals surface area contributed by atoms with Crippen LogP contribution in [0.5, 0.6) is 0 Å². The van der Waals surface area contributed by atoms with Crippen LogP contribution in [0, 0.1) is 5.82 Å². The van der Waals surface area contributed by atoms with Crippen LogP contribution >= 0.6 is 27.7 Å². The summed E-state index contributed by atoms with van der Waals surface area (Å²) in [5.41, 5.74) is 1.12. The van der Waals surface area contributed by atoms with Crippen LogP contribution in [0.15, 0.2) is 22.7 Å². The maximum Gasteiger partial charge on any atom is 0.124 e. The van der Waals surface area contributed by atoms with Crippen LogP contribution in [-0.4, -0.2) is 17.5 Å². The van der Waals surface area contributed by atoms with Crippen LogP contribution in [0.2, 0.25) is 0 Å². The summed E-state index contributed by atoms with van der Waals surface area (Å²) in [6.07, 6.45) is 4.05. The van der Waals surface area contributed by atoms with Gasteiger partial charge in [0.1, 0.15) is 5.82 Å². The summed E-state index contributed by atoms with van der Waals surface area (Å²) in [7, 11) is 0. The first kappa shape index (κ1) is 13.4. The monoisotopic (exact) mass is 317 g/mol. The van der Waals surface area contributed by atoms with E-state index < -0.39 is 0 Å². The number of hydrogen-bond acceptors (Lipinski definition) is 2. The van der Waals surface area contributed by atoms with Crippen molar-refractivity contribution in [3.63, 3.8) is 0 Å². The summed E-state index contributed by atoms with van der Waals surface area (Å²) in [4.78, 5) is 0. The van der Waals surface area contributed by atoms with E-state index in [2.05, 4.69) is 33.0 Å². The highest BCUT2D eigenvalue weighted by molar-refractivity contribution is 9.10. The molecule has 1 fully saturated rings. The van der Waals surface area contributed by atoms with Crippen molar-refractivity contribution in [2.24, 2.45) is 0 Å². The molecule has 0 saturated carbocycles. The normalized spacial score (nSPS) is 20.5.